The average Bonchev–Trinajstić information content (AvgIpc) is 2.85. The molecule has 6 heteroatoms. The minimum atomic E-state index is -0.687. The minimum absolute atomic E-state index is 0.196. The van der Waals surface area contributed by atoms with Crippen molar-refractivity contribution >= 4 is 15.9 Å². The van der Waals surface area contributed by atoms with Gasteiger partial charge in [-0.3, -0.25) is 0 Å². The molecule has 0 radical (unpaired) electrons. The lowest BCUT2D eigenvalue weighted by Crippen LogP contribution is -2.03. The Morgan fingerprint density at radius 3 is 2.55 bits per heavy atom. The molecule has 2 nitrogen and oxygen atoms in total. The highest BCUT2D eigenvalue weighted by Crippen LogP contribution is 2.23. The van der Waals surface area contributed by atoms with E-state index in [9.17, 15) is 13.2 Å². The van der Waals surface area contributed by atoms with Crippen LogP contribution in [0.5, 0.6) is 0 Å². The highest BCUT2D eigenvalue weighted by molar-refractivity contribution is 9.10. The highest BCUT2D eigenvalue weighted by Gasteiger charge is 2.12. The number of hydrogen-bond donors (Lipinski definition) is 0. The third-order valence-electron chi connectivity index (χ3n) is 3.16. The van der Waals surface area contributed by atoms with Gasteiger partial charge in [0.25, 0.3) is 0 Å². The third kappa shape index (κ3) is 3.06. The Balaban J connectivity index is 1.98. The molecular formula is C16H10BrF3N2. The van der Waals surface area contributed by atoms with E-state index < -0.39 is 11.6 Å². The normalized spacial score (nSPS) is 10.9. The van der Waals surface area contributed by atoms with Crippen molar-refractivity contribution in [1.29, 1.82) is 0 Å². The van der Waals surface area contributed by atoms with E-state index in [1.165, 1.54) is 30.5 Å². The molecule has 0 spiro atoms. The molecule has 3 aromatic rings. The maximum absolute atomic E-state index is 13.9. The van der Waals surface area contributed by atoms with Crippen LogP contribution < -0.4 is 0 Å². The SMILES string of the molecule is Fc1cc(Br)cc(Cn2ccnc2-c2ccc(F)cc2F)c1. The van der Waals surface area contributed by atoms with E-state index >= 15 is 0 Å². The van der Waals surface area contributed by atoms with Gasteiger partial charge >= 0.3 is 0 Å². The van der Waals surface area contributed by atoms with Crippen LogP contribution in [0.25, 0.3) is 11.4 Å². The van der Waals surface area contributed by atoms with Crippen molar-refractivity contribution in [2.24, 2.45) is 0 Å². The first-order chi connectivity index (χ1) is 10.5. The van der Waals surface area contributed by atoms with Gasteiger partial charge < -0.3 is 4.57 Å². The number of benzene rings is 2. The molecule has 0 atom stereocenters. The van der Waals surface area contributed by atoms with Gasteiger partial charge in [0.15, 0.2) is 0 Å². The first-order valence-corrected chi connectivity index (χ1v) is 7.24. The fraction of sp³-hybridized carbons (Fsp3) is 0.0625. The van der Waals surface area contributed by atoms with Crippen LogP contribution in [0.1, 0.15) is 5.56 Å². The van der Waals surface area contributed by atoms with Gasteiger partial charge in [-0.15, -0.1) is 0 Å². The summed E-state index contributed by atoms with van der Waals surface area (Å²) in [5.41, 5.74) is 0.899. The van der Waals surface area contributed by atoms with E-state index in [1.807, 2.05) is 0 Å². The molecule has 0 saturated carbocycles. The summed E-state index contributed by atoms with van der Waals surface area (Å²) in [5, 5.41) is 0. The molecule has 0 unspecified atom stereocenters. The van der Waals surface area contributed by atoms with Gasteiger partial charge in [0.2, 0.25) is 0 Å². The van der Waals surface area contributed by atoms with Gasteiger partial charge in [-0.2, -0.15) is 0 Å². The van der Waals surface area contributed by atoms with Crippen molar-refractivity contribution in [3.8, 4) is 11.4 Å². The summed E-state index contributed by atoms with van der Waals surface area (Å²) in [6.07, 6.45) is 3.18. The first kappa shape index (κ1) is 14.8. The second kappa shape index (κ2) is 5.96. The quantitative estimate of drug-likeness (QED) is 0.652. The number of hydrogen-bond acceptors (Lipinski definition) is 1. The van der Waals surface area contributed by atoms with Crippen LogP contribution in [0, 0.1) is 17.5 Å². The van der Waals surface area contributed by atoms with Crippen molar-refractivity contribution < 1.29 is 13.2 Å². The molecule has 112 valence electrons. The summed E-state index contributed by atoms with van der Waals surface area (Å²) >= 11 is 3.23. The monoisotopic (exact) mass is 366 g/mol. The zero-order valence-electron chi connectivity index (χ0n) is 11.2. The van der Waals surface area contributed by atoms with E-state index in [1.54, 1.807) is 16.8 Å². The van der Waals surface area contributed by atoms with Crippen molar-refractivity contribution in [2.45, 2.75) is 6.54 Å². The summed E-state index contributed by atoms with van der Waals surface area (Å²) in [4.78, 5) is 4.11. The van der Waals surface area contributed by atoms with Crippen LogP contribution in [0.2, 0.25) is 0 Å². The zero-order valence-corrected chi connectivity index (χ0v) is 12.8. The van der Waals surface area contributed by atoms with Crippen molar-refractivity contribution in [1.82, 2.24) is 9.55 Å². The van der Waals surface area contributed by atoms with Gasteiger partial charge in [-0.05, 0) is 35.9 Å². The number of halogens is 4. The number of imidazole rings is 1. The van der Waals surface area contributed by atoms with Crippen molar-refractivity contribution in [2.75, 3.05) is 0 Å². The van der Waals surface area contributed by atoms with Crippen molar-refractivity contribution in [3.63, 3.8) is 0 Å². The molecule has 0 aliphatic heterocycles. The van der Waals surface area contributed by atoms with Crippen LogP contribution in [-0.4, -0.2) is 9.55 Å². The van der Waals surface area contributed by atoms with Crippen LogP contribution >= 0.6 is 15.9 Å². The third-order valence-corrected chi connectivity index (χ3v) is 3.62. The van der Waals surface area contributed by atoms with Gasteiger partial charge in [0, 0.05) is 29.5 Å². The van der Waals surface area contributed by atoms with Gasteiger partial charge in [0.05, 0.1) is 5.56 Å². The first-order valence-electron chi connectivity index (χ1n) is 6.44. The molecule has 0 N–H and O–H groups in total. The van der Waals surface area contributed by atoms with Gasteiger partial charge in [-0.25, -0.2) is 18.2 Å². The van der Waals surface area contributed by atoms with E-state index in [2.05, 4.69) is 20.9 Å². The Kier molecular flexibility index (Phi) is 4.02. The van der Waals surface area contributed by atoms with Gasteiger partial charge in [0.1, 0.15) is 23.3 Å². The fourth-order valence-electron chi connectivity index (χ4n) is 2.25. The molecule has 0 bridgehead atoms. The predicted octanol–water partition coefficient (Wildman–Crippen LogP) is 4.78. The molecule has 22 heavy (non-hydrogen) atoms. The molecule has 0 aliphatic rings. The summed E-state index contributed by atoms with van der Waals surface area (Å²) in [6, 6.07) is 7.86. The number of aromatic nitrogens is 2. The second-order valence-corrected chi connectivity index (χ2v) is 5.70. The van der Waals surface area contributed by atoms with Crippen LogP contribution in [0.3, 0.4) is 0 Å². The Morgan fingerprint density at radius 1 is 1.00 bits per heavy atom. The largest absolute Gasteiger partial charge is 0.326 e. The van der Waals surface area contributed by atoms with Crippen LogP contribution in [-0.2, 0) is 6.54 Å². The molecule has 0 fully saturated rings. The van der Waals surface area contributed by atoms with E-state index in [0.717, 1.165) is 6.07 Å². The fourth-order valence-corrected chi connectivity index (χ4v) is 2.76. The summed E-state index contributed by atoms with van der Waals surface area (Å²) in [6.45, 7) is 0.322. The lowest BCUT2D eigenvalue weighted by molar-refractivity contribution is 0.583. The number of rotatable bonds is 3. The molecular weight excluding hydrogens is 357 g/mol. The highest BCUT2D eigenvalue weighted by atomic mass is 79.9. The van der Waals surface area contributed by atoms with Crippen LogP contribution in [0.4, 0.5) is 13.2 Å². The Hall–Kier alpha value is -2.08. The van der Waals surface area contributed by atoms with E-state index in [0.29, 0.717) is 22.4 Å². The lowest BCUT2D eigenvalue weighted by Gasteiger charge is -2.09. The Labute approximate surface area is 133 Å². The molecule has 0 amide bonds. The topological polar surface area (TPSA) is 17.8 Å². The molecule has 2 aromatic carbocycles. The van der Waals surface area contributed by atoms with Crippen LogP contribution in [0.15, 0.2) is 53.3 Å². The Bertz CT molecular complexity index is 810. The van der Waals surface area contributed by atoms with Crippen molar-refractivity contribution in [3.05, 3.63) is 76.3 Å². The van der Waals surface area contributed by atoms with Gasteiger partial charge in [-0.1, -0.05) is 15.9 Å². The second-order valence-electron chi connectivity index (χ2n) is 4.78. The molecule has 0 aliphatic carbocycles. The average molecular weight is 367 g/mol. The molecule has 0 saturated heterocycles. The summed E-state index contributed by atoms with van der Waals surface area (Å²) in [5.74, 6) is -1.34. The lowest BCUT2D eigenvalue weighted by atomic mass is 10.1. The predicted molar refractivity (Wildman–Crippen MR) is 80.8 cm³/mol. The zero-order chi connectivity index (χ0) is 15.7. The minimum Gasteiger partial charge on any atom is -0.326 e. The molecule has 1 heterocycles. The van der Waals surface area contributed by atoms with E-state index in [4.69, 9.17) is 0 Å². The molecule has 1 aromatic heterocycles. The number of nitrogens with zero attached hydrogens (tertiary/aromatic N) is 2. The maximum atomic E-state index is 13.9. The standard InChI is InChI=1S/C16H10BrF3N2/c17-11-5-10(6-13(19)7-11)9-22-4-3-21-16(22)14-2-1-12(18)8-15(14)20/h1-8H,9H2. The smallest absolute Gasteiger partial charge is 0.143 e. The Morgan fingerprint density at radius 2 is 1.82 bits per heavy atom. The maximum Gasteiger partial charge on any atom is 0.143 e. The van der Waals surface area contributed by atoms with E-state index in [-0.39, 0.29) is 11.4 Å². The summed E-state index contributed by atoms with van der Waals surface area (Å²) < 4.78 is 42.6. The summed E-state index contributed by atoms with van der Waals surface area (Å²) in [7, 11) is 0. The molecule has 3 rings (SSSR count).